The summed E-state index contributed by atoms with van der Waals surface area (Å²) in [4.78, 5) is 4.13. The van der Waals surface area contributed by atoms with Gasteiger partial charge in [0.2, 0.25) is 0 Å². The molecule has 1 aromatic carbocycles. The minimum Gasteiger partial charge on any atom is -0.389 e. The summed E-state index contributed by atoms with van der Waals surface area (Å²) >= 11 is 0. The van der Waals surface area contributed by atoms with E-state index in [9.17, 15) is 9.50 Å². The molecule has 0 spiro atoms. The largest absolute Gasteiger partial charge is 0.389 e. The molecule has 0 unspecified atom stereocenters. The average molecular weight is 235 g/mol. The molecule has 1 N–H and O–H groups in total. The van der Waals surface area contributed by atoms with Gasteiger partial charge < -0.3 is 5.11 Å². The molecule has 0 aliphatic rings. The standard InChI is InChI=1S/C12H14FN3O/c1-7(17)10-5-4-6-11(13)12(10)16-9(3)14-8(2)15-16/h4-7,17H,1-3H3/t7-/m1/s1. The van der Waals surface area contributed by atoms with Gasteiger partial charge in [-0.15, -0.1) is 0 Å². The molecule has 1 atom stereocenters. The van der Waals surface area contributed by atoms with Crippen molar-refractivity contribution in [1.82, 2.24) is 14.8 Å². The second-order valence-electron chi connectivity index (χ2n) is 3.97. The molecule has 2 aromatic rings. The number of rotatable bonds is 2. The quantitative estimate of drug-likeness (QED) is 0.867. The fourth-order valence-electron chi connectivity index (χ4n) is 1.83. The zero-order valence-corrected chi connectivity index (χ0v) is 9.98. The molecule has 0 saturated heterocycles. The maximum absolute atomic E-state index is 13.9. The fraction of sp³-hybridized carbons (Fsp3) is 0.333. The Hall–Kier alpha value is -1.75. The lowest BCUT2D eigenvalue weighted by Crippen LogP contribution is -2.08. The molecular weight excluding hydrogens is 221 g/mol. The van der Waals surface area contributed by atoms with Gasteiger partial charge in [0.25, 0.3) is 0 Å². The van der Waals surface area contributed by atoms with Crippen LogP contribution in [0.15, 0.2) is 18.2 Å². The first-order chi connectivity index (χ1) is 8.00. The molecular formula is C12H14FN3O. The number of nitrogens with zero attached hydrogens (tertiary/aromatic N) is 3. The topological polar surface area (TPSA) is 50.9 Å². The number of para-hydroxylation sites is 1. The number of halogens is 1. The zero-order chi connectivity index (χ0) is 12.6. The van der Waals surface area contributed by atoms with Crippen LogP contribution in [0.3, 0.4) is 0 Å². The molecule has 0 aliphatic heterocycles. The van der Waals surface area contributed by atoms with Crippen LogP contribution in [0.1, 0.15) is 30.2 Å². The molecule has 0 amide bonds. The van der Waals surface area contributed by atoms with Crippen molar-refractivity contribution < 1.29 is 9.50 Å². The predicted molar refractivity (Wildman–Crippen MR) is 61.4 cm³/mol. The van der Waals surface area contributed by atoms with Gasteiger partial charge >= 0.3 is 0 Å². The smallest absolute Gasteiger partial charge is 0.149 e. The molecule has 4 nitrogen and oxygen atoms in total. The molecule has 1 aromatic heterocycles. The molecule has 0 bridgehead atoms. The lowest BCUT2D eigenvalue weighted by molar-refractivity contribution is 0.198. The van der Waals surface area contributed by atoms with Crippen molar-refractivity contribution in [3.8, 4) is 5.69 Å². The maximum atomic E-state index is 13.9. The van der Waals surface area contributed by atoms with Crippen LogP contribution in [0.25, 0.3) is 5.69 Å². The van der Waals surface area contributed by atoms with Crippen LogP contribution in [0.2, 0.25) is 0 Å². The molecule has 17 heavy (non-hydrogen) atoms. The van der Waals surface area contributed by atoms with E-state index >= 15 is 0 Å². The van der Waals surface area contributed by atoms with Crippen LogP contribution in [0.5, 0.6) is 0 Å². The van der Waals surface area contributed by atoms with Crippen molar-refractivity contribution in [3.63, 3.8) is 0 Å². The van der Waals surface area contributed by atoms with Crippen molar-refractivity contribution in [3.05, 3.63) is 41.2 Å². The molecule has 0 aliphatic carbocycles. The molecule has 0 radical (unpaired) electrons. The number of hydrogen-bond acceptors (Lipinski definition) is 3. The van der Waals surface area contributed by atoms with E-state index in [2.05, 4.69) is 10.1 Å². The van der Waals surface area contributed by atoms with Crippen molar-refractivity contribution >= 4 is 0 Å². The summed E-state index contributed by atoms with van der Waals surface area (Å²) in [6.07, 6.45) is -0.760. The van der Waals surface area contributed by atoms with E-state index in [1.807, 2.05) is 0 Å². The Morgan fingerprint density at radius 1 is 1.35 bits per heavy atom. The van der Waals surface area contributed by atoms with E-state index in [0.29, 0.717) is 17.2 Å². The van der Waals surface area contributed by atoms with Gasteiger partial charge in [-0.1, -0.05) is 12.1 Å². The van der Waals surface area contributed by atoms with E-state index < -0.39 is 11.9 Å². The second-order valence-corrected chi connectivity index (χ2v) is 3.97. The Morgan fingerprint density at radius 3 is 2.59 bits per heavy atom. The van der Waals surface area contributed by atoms with Crippen molar-refractivity contribution in [2.75, 3.05) is 0 Å². The minimum atomic E-state index is -0.760. The minimum absolute atomic E-state index is 0.264. The van der Waals surface area contributed by atoms with Gasteiger partial charge in [-0.3, -0.25) is 0 Å². The Balaban J connectivity index is 2.69. The Kier molecular flexibility index (Phi) is 2.93. The third-order valence-corrected chi connectivity index (χ3v) is 2.55. The van der Waals surface area contributed by atoms with Crippen molar-refractivity contribution in [2.45, 2.75) is 26.9 Å². The maximum Gasteiger partial charge on any atom is 0.149 e. The molecule has 2 rings (SSSR count). The first-order valence-corrected chi connectivity index (χ1v) is 5.38. The number of benzene rings is 1. The number of aliphatic hydroxyl groups excluding tert-OH is 1. The monoisotopic (exact) mass is 235 g/mol. The fourth-order valence-corrected chi connectivity index (χ4v) is 1.83. The Labute approximate surface area is 98.7 Å². The van der Waals surface area contributed by atoms with Gasteiger partial charge in [0, 0.05) is 5.56 Å². The number of aromatic nitrogens is 3. The summed E-state index contributed by atoms with van der Waals surface area (Å²) in [7, 11) is 0. The summed E-state index contributed by atoms with van der Waals surface area (Å²) < 4.78 is 15.3. The molecule has 0 saturated carbocycles. The third-order valence-electron chi connectivity index (χ3n) is 2.55. The van der Waals surface area contributed by atoms with Gasteiger partial charge in [-0.25, -0.2) is 14.1 Å². The van der Waals surface area contributed by atoms with Crippen LogP contribution in [-0.2, 0) is 0 Å². The molecule has 0 fully saturated rings. The first kappa shape index (κ1) is 11.7. The van der Waals surface area contributed by atoms with Crippen LogP contribution in [-0.4, -0.2) is 19.9 Å². The van der Waals surface area contributed by atoms with Gasteiger partial charge in [-0.2, -0.15) is 5.10 Å². The average Bonchev–Trinajstić information content (AvgIpc) is 2.57. The summed E-state index contributed by atoms with van der Waals surface area (Å²) in [6, 6.07) is 4.59. The highest BCUT2D eigenvalue weighted by Crippen LogP contribution is 2.24. The SMILES string of the molecule is Cc1nc(C)n(-c2c(F)cccc2[C@@H](C)O)n1. The van der Waals surface area contributed by atoms with Gasteiger partial charge in [0.1, 0.15) is 23.2 Å². The van der Waals surface area contributed by atoms with E-state index in [4.69, 9.17) is 0 Å². The van der Waals surface area contributed by atoms with Gasteiger partial charge in [-0.05, 0) is 26.8 Å². The lowest BCUT2D eigenvalue weighted by Gasteiger charge is -2.13. The first-order valence-electron chi connectivity index (χ1n) is 5.38. The summed E-state index contributed by atoms with van der Waals surface area (Å²) in [5, 5.41) is 13.8. The molecule has 1 heterocycles. The molecule has 5 heteroatoms. The zero-order valence-electron chi connectivity index (χ0n) is 9.98. The molecule has 90 valence electrons. The second kappa shape index (κ2) is 4.25. The highest BCUT2D eigenvalue weighted by atomic mass is 19.1. The van der Waals surface area contributed by atoms with Gasteiger partial charge in [0.15, 0.2) is 0 Å². The van der Waals surface area contributed by atoms with Crippen LogP contribution >= 0.6 is 0 Å². The van der Waals surface area contributed by atoms with Crippen LogP contribution in [0, 0.1) is 19.7 Å². The van der Waals surface area contributed by atoms with E-state index in [1.165, 1.54) is 10.7 Å². The van der Waals surface area contributed by atoms with E-state index in [0.717, 1.165) is 0 Å². The Bertz CT molecular complexity index is 549. The predicted octanol–water partition coefficient (Wildman–Crippen LogP) is 2.08. The summed E-state index contributed by atoms with van der Waals surface area (Å²) in [5.41, 5.74) is 0.763. The van der Waals surface area contributed by atoms with Crippen molar-refractivity contribution in [2.24, 2.45) is 0 Å². The Morgan fingerprint density at radius 2 is 2.06 bits per heavy atom. The number of aryl methyl sites for hydroxylation is 2. The van der Waals surface area contributed by atoms with Crippen LogP contribution in [0.4, 0.5) is 4.39 Å². The lowest BCUT2D eigenvalue weighted by atomic mass is 10.1. The van der Waals surface area contributed by atoms with E-state index in [1.54, 1.807) is 32.9 Å². The summed E-state index contributed by atoms with van der Waals surface area (Å²) in [6.45, 7) is 5.09. The number of hydrogen-bond donors (Lipinski definition) is 1. The number of aliphatic hydroxyl groups is 1. The van der Waals surface area contributed by atoms with E-state index in [-0.39, 0.29) is 5.69 Å². The summed E-state index contributed by atoms with van der Waals surface area (Å²) in [5.74, 6) is 0.744. The van der Waals surface area contributed by atoms with Crippen molar-refractivity contribution in [1.29, 1.82) is 0 Å². The van der Waals surface area contributed by atoms with Gasteiger partial charge in [0.05, 0.1) is 6.10 Å². The highest BCUT2D eigenvalue weighted by Gasteiger charge is 2.17. The van der Waals surface area contributed by atoms with Crippen LogP contribution < -0.4 is 0 Å². The third kappa shape index (κ3) is 2.06. The highest BCUT2D eigenvalue weighted by molar-refractivity contribution is 5.43. The normalized spacial score (nSPS) is 12.8.